The third kappa shape index (κ3) is 5.82. The topological polar surface area (TPSA) is 81.8 Å². The van der Waals surface area contributed by atoms with Crippen LogP contribution in [-0.4, -0.2) is 55.2 Å². The van der Waals surface area contributed by atoms with Gasteiger partial charge >= 0.3 is 0 Å². The molecule has 0 spiro atoms. The summed E-state index contributed by atoms with van der Waals surface area (Å²) in [4.78, 5) is 42.1. The number of carbonyl (C=O) groups excluding carboxylic acids is 3. The second kappa shape index (κ2) is 10.9. The Bertz CT molecular complexity index is 1260. The van der Waals surface area contributed by atoms with Gasteiger partial charge in [0, 0.05) is 72.4 Å². The van der Waals surface area contributed by atoms with Crippen molar-refractivity contribution in [1.29, 1.82) is 0 Å². The molecule has 2 amide bonds. The molecule has 2 aliphatic rings. The van der Waals surface area contributed by atoms with E-state index in [4.69, 9.17) is 0 Å². The lowest BCUT2D eigenvalue weighted by Gasteiger charge is -2.36. The smallest absolute Gasteiger partial charge is 0.255 e. The van der Waals surface area contributed by atoms with Crippen LogP contribution in [-0.2, 0) is 4.79 Å². The van der Waals surface area contributed by atoms with Crippen LogP contribution in [0.25, 0.3) is 0 Å². The zero-order valence-corrected chi connectivity index (χ0v) is 21.1. The summed E-state index contributed by atoms with van der Waals surface area (Å²) in [7, 11) is 0. The molecule has 2 N–H and O–H groups in total. The van der Waals surface area contributed by atoms with Gasteiger partial charge in [0.2, 0.25) is 5.91 Å². The maximum atomic E-state index is 12.8. The van der Waals surface area contributed by atoms with Crippen LogP contribution in [0.3, 0.4) is 0 Å². The number of ketones is 1. The zero-order valence-electron chi connectivity index (χ0n) is 21.1. The monoisotopic (exact) mass is 496 g/mol. The number of hydrogen-bond acceptors (Lipinski definition) is 5. The Labute approximate surface area is 217 Å². The molecule has 3 aromatic rings. The van der Waals surface area contributed by atoms with Crippen molar-refractivity contribution in [2.75, 3.05) is 48.3 Å². The average Bonchev–Trinajstić information content (AvgIpc) is 3.79. The second-order valence-corrected chi connectivity index (χ2v) is 9.60. The maximum absolute atomic E-state index is 12.8. The van der Waals surface area contributed by atoms with Crippen molar-refractivity contribution in [1.82, 2.24) is 4.90 Å². The van der Waals surface area contributed by atoms with Crippen molar-refractivity contribution in [3.8, 4) is 0 Å². The van der Waals surface area contributed by atoms with Crippen molar-refractivity contribution < 1.29 is 14.4 Å². The van der Waals surface area contributed by atoms with Crippen LogP contribution >= 0.6 is 0 Å². The molecular weight excluding hydrogens is 464 g/mol. The normalized spacial score (nSPS) is 15.3. The first kappa shape index (κ1) is 24.6. The lowest BCUT2D eigenvalue weighted by Crippen LogP contribution is -2.49. The Hall–Kier alpha value is -4.13. The number of piperazine rings is 1. The van der Waals surface area contributed by atoms with E-state index in [1.807, 2.05) is 60.4 Å². The van der Waals surface area contributed by atoms with Gasteiger partial charge in [0.25, 0.3) is 5.91 Å². The number of carbonyl (C=O) groups is 3. The lowest BCUT2D eigenvalue weighted by atomic mass is 10.0. The van der Waals surface area contributed by atoms with E-state index in [0.29, 0.717) is 28.3 Å². The predicted molar refractivity (Wildman–Crippen MR) is 146 cm³/mol. The molecule has 7 nitrogen and oxygen atoms in total. The fourth-order valence-corrected chi connectivity index (χ4v) is 4.62. The molecule has 0 bridgehead atoms. The van der Waals surface area contributed by atoms with Crippen LogP contribution in [0.15, 0.2) is 72.8 Å². The Morgan fingerprint density at radius 1 is 0.730 bits per heavy atom. The molecule has 2 fully saturated rings. The van der Waals surface area contributed by atoms with E-state index in [9.17, 15) is 14.4 Å². The Balaban J connectivity index is 1.15. The van der Waals surface area contributed by atoms with Gasteiger partial charge in [-0.25, -0.2) is 0 Å². The van der Waals surface area contributed by atoms with Crippen molar-refractivity contribution in [3.63, 3.8) is 0 Å². The molecule has 37 heavy (non-hydrogen) atoms. The zero-order chi connectivity index (χ0) is 25.8. The first-order valence-corrected chi connectivity index (χ1v) is 13.0. The lowest BCUT2D eigenvalue weighted by molar-refractivity contribution is -0.132. The summed E-state index contributed by atoms with van der Waals surface area (Å²) in [6.07, 6.45) is 2.08. The number of nitrogens with zero attached hydrogens (tertiary/aromatic N) is 2. The Kier molecular flexibility index (Phi) is 7.21. The molecule has 1 saturated carbocycles. The highest BCUT2D eigenvalue weighted by molar-refractivity contribution is 6.09. The molecule has 5 rings (SSSR count). The fourth-order valence-electron chi connectivity index (χ4n) is 4.62. The summed E-state index contributed by atoms with van der Waals surface area (Å²) in [6.45, 7) is 5.95. The maximum Gasteiger partial charge on any atom is 0.255 e. The van der Waals surface area contributed by atoms with Gasteiger partial charge in [-0.2, -0.15) is 0 Å². The average molecular weight is 497 g/mol. The Morgan fingerprint density at radius 3 is 1.81 bits per heavy atom. The number of amides is 2. The standard InChI is InChI=1S/C30H32N4O3/c1-2-31-25-11-5-21(6-12-25)28(35)22-7-13-26(14-8-22)32-29(36)23-9-15-27(16-10-23)33-17-19-34(20-18-33)30(37)24-3-4-24/h5-16,24,31H,2-4,17-20H2,1H3,(H,32,36). The number of nitrogens with one attached hydrogen (secondary N) is 2. The van der Waals surface area contributed by atoms with Crippen molar-refractivity contribution in [2.45, 2.75) is 19.8 Å². The molecule has 190 valence electrons. The van der Waals surface area contributed by atoms with Crippen LogP contribution < -0.4 is 15.5 Å². The summed E-state index contributed by atoms with van der Waals surface area (Å²) in [6, 6.07) is 21.9. The van der Waals surface area contributed by atoms with Crippen molar-refractivity contribution in [3.05, 3.63) is 89.5 Å². The minimum absolute atomic E-state index is 0.0609. The third-order valence-corrected chi connectivity index (χ3v) is 6.95. The van der Waals surface area contributed by atoms with E-state index < -0.39 is 0 Å². The van der Waals surface area contributed by atoms with Crippen LogP contribution in [0.2, 0.25) is 0 Å². The van der Waals surface area contributed by atoms with Gasteiger partial charge in [0.05, 0.1) is 0 Å². The molecule has 0 radical (unpaired) electrons. The number of anilines is 3. The highest BCUT2D eigenvalue weighted by atomic mass is 16.2. The summed E-state index contributed by atoms with van der Waals surface area (Å²) in [5, 5.41) is 6.12. The van der Waals surface area contributed by atoms with E-state index in [0.717, 1.165) is 56.9 Å². The highest BCUT2D eigenvalue weighted by Crippen LogP contribution is 2.31. The highest BCUT2D eigenvalue weighted by Gasteiger charge is 2.34. The van der Waals surface area contributed by atoms with Crippen LogP contribution in [0.5, 0.6) is 0 Å². The van der Waals surface area contributed by atoms with E-state index >= 15 is 0 Å². The van der Waals surface area contributed by atoms with Gasteiger partial charge in [0.15, 0.2) is 5.78 Å². The molecule has 0 aromatic heterocycles. The number of benzene rings is 3. The van der Waals surface area contributed by atoms with Gasteiger partial charge in [-0.3, -0.25) is 14.4 Å². The summed E-state index contributed by atoms with van der Waals surface area (Å²) < 4.78 is 0. The fraction of sp³-hybridized carbons (Fsp3) is 0.300. The first-order chi connectivity index (χ1) is 18.0. The van der Waals surface area contributed by atoms with Crippen LogP contribution in [0.4, 0.5) is 17.1 Å². The predicted octanol–water partition coefficient (Wildman–Crippen LogP) is 4.66. The van der Waals surface area contributed by atoms with Gasteiger partial charge < -0.3 is 20.4 Å². The molecule has 0 atom stereocenters. The summed E-state index contributed by atoms with van der Waals surface area (Å²) >= 11 is 0. The molecule has 3 aromatic carbocycles. The molecule has 1 saturated heterocycles. The quantitative estimate of drug-likeness (QED) is 0.444. The summed E-state index contributed by atoms with van der Waals surface area (Å²) in [5.74, 6) is 0.308. The molecule has 1 heterocycles. The van der Waals surface area contributed by atoms with Crippen LogP contribution in [0, 0.1) is 5.92 Å². The minimum Gasteiger partial charge on any atom is -0.385 e. The third-order valence-electron chi connectivity index (χ3n) is 6.95. The second-order valence-electron chi connectivity index (χ2n) is 9.60. The minimum atomic E-state index is -0.204. The number of rotatable bonds is 8. The first-order valence-electron chi connectivity index (χ1n) is 13.0. The molecule has 0 unspecified atom stereocenters. The summed E-state index contributed by atoms with van der Waals surface area (Å²) in [5.41, 5.74) is 4.41. The number of hydrogen-bond donors (Lipinski definition) is 2. The van der Waals surface area contributed by atoms with Crippen LogP contribution in [0.1, 0.15) is 46.0 Å². The van der Waals surface area contributed by atoms with E-state index in [1.165, 1.54) is 0 Å². The van der Waals surface area contributed by atoms with E-state index in [1.54, 1.807) is 24.3 Å². The van der Waals surface area contributed by atoms with Gasteiger partial charge in [-0.05, 0) is 92.6 Å². The molecule has 1 aliphatic carbocycles. The van der Waals surface area contributed by atoms with E-state index in [-0.39, 0.29) is 17.6 Å². The van der Waals surface area contributed by atoms with Gasteiger partial charge in [-0.15, -0.1) is 0 Å². The van der Waals surface area contributed by atoms with Crippen molar-refractivity contribution >= 4 is 34.7 Å². The van der Waals surface area contributed by atoms with Crippen molar-refractivity contribution in [2.24, 2.45) is 5.92 Å². The largest absolute Gasteiger partial charge is 0.385 e. The molecule has 7 heteroatoms. The molecular formula is C30H32N4O3. The Morgan fingerprint density at radius 2 is 1.27 bits per heavy atom. The van der Waals surface area contributed by atoms with Gasteiger partial charge in [0.1, 0.15) is 0 Å². The SMILES string of the molecule is CCNc1ccc(C(=O)c2ccc(NC(=O)c3ccc(N4CCN(C(=O)C5CC5)CC4)cc3)cc2)cc1. The van der Waals surface area contributed by atoms with E-state index in [2.05, 4.69) is 15.5 Å². The van der Waals surface area contributed by atoms with Gasteiger partial charge in [-0.1, -0.05) is 0 Å². The molecule has 1 aliphatic heterocycles.